The average molecular weight is 541 g/mol. The second kappa shape index (κ2) is 13.4. The van der Waals surface area contributed by atoms with Crippen LogP contribution in [0.4, 0.5) is 0 Å². The molecule has 4 rings (SSSR count). The van der Waals surface area contributed by atoms with Crippen molar-refractivity contribution < 1.29 is 16.5 Å². The third-order valence-electron chi connectivity index (χ3n) is 2.85. The molecule has 2 nitrogen and oxygen atoms in total. The van der Waals surface area contributed by atoms with Crippen molar-refractivity contribution in [3.8, 4) is 22.5 Å². The van der Waals surface area contributed by atoms with E-state index < -0.39 is 0 Å². The van der Waals surface area contributed by atoms with Crippen LogP contribution < -0.4 is 0 Å². The Bertz CT molecular complexity index is 711. The summed E-state index contributed by atoms with van der Waals surface area (Å²) in [5.74, 6) is 0. The zero-order valence-corrected chi connectivity index (χ0v) is 18.8. The summed E-state index contributed by atoms with van der Waals surface area (Å²) in [6.45, 7) is 0. The molecule has 0 fully saturated rings. The topological polar surface area (TPSA) is 25.8 Å². The van der Waals surface area contributed by atoms with Gasteiger partial charge in [-0.3, -0.25) is 0 Å². The summed E-state index contributed by atoms with van der Waals surface area (Å²) in [6.07, 6.45) is 0. The minimum absolute atomic E-state index is 0. The summed E-state index contributed by atoms with van der Waals surface area (Å²) in [5, 5.41) is 3.94. The van der Waals surface area contributed by atoms with Gasteiger partial charge in [-0.25, -0.2) is 8.75 Å². The van der Waals surface area contributed by atoms with Crippen LogP contribution in [0.15, 0.2) is 71.4 Å². The van der Waals surface area contributed by atoms with Gasteiger partial charge in [0, 0.05) is 22.1 Å². The van der Waals surface area contributed by atoms with Crippen molar-refractivity contribution in [2.24, 2.45) is 0 Å². The van der Waals surface area contributed by atoms with Crippen LogP contribution in [0.3, 0.4) is 0 Å². The first-order chi connectivity index (χ1) is 10.9. The molecule has 0 bridgehead atoms. The summed E-state index contributed by atoms with van der Waals surface area (Å²) in [5.41, 5.74) is 4.15. The van der Waals surface area contributed by atoms with E-state index in [0.717, 1.165) is 22.5 Å². The molecular weight excluding hydrogens is 527 g/mol. The molecule has 132 valence electrons. The van der Waals surface area contributed by atoms with Gasteiger partial charge in [-0.15, -0.1) is 106 Å². The zero-order chi connectivity index (χ0) is 15.0. The van der Waals surface area contributed by atoms with Crippen LogP contribution in [0.2, 0.25) is 0 Å². The Kier molecular flexibility index (Phi) is 12.9. The number of halogens is 2. The molecule has 2 aromatic heterocycles. The van der Waals surface area contributed by atoms with E-state index in [9.17, 15) is 0 Å². The van der Waals surface area contributed by atoms with E-state index in [4.69, 9.17) is 0 Å². The molecule has 0 aliphatic rings. The van der Waals surface area contributed by atoms with Gasteiger partial charge in [0.25, 0.3) is 0 Å². The Hall–Kier alpha value is -0.846. The molecule has 0 saturated carbocycles. The van der Waals surface area contributed by atoms with Crippen molar-refractivity contribution in [3.63, 3.8) is 0 Å². The number of hydrogen-bond acceptors (Lipinski definition) is 4. The Morgan fingerprint density at radius 2 is 1.08 bits per heavy atom. The van der Waals surface area contributed by atoms with E-state index in [0.29, 0.717) is 0 Å². The fourth-order valence-corrected chi connectivity index (χ4v) is 2.86. The summed E-state index contributed by atoms with van der Waals surface area (Å²) in [7, 11) is 0. The average Bonchev–Trinajstić information content (AvgIpc) is 3.31. The van der Waals surface area contributed by atoms with Crippen molar-refractivity contribution in [2.45, 2.75) is 0 Å². The van der Waals surface area contributed by atoms with Crippen LogP contribution >= 0.6 is 57.0 Å². The maximum Gasteiger partial charge on any atom is 2.00 e. The Morgan fingerprint density at radius 1 is 0.640 bits per heavy atom. The molecule has 25 heavy (non-hydrogen) atoms. The van der Waals surface area contributed by atoms with E-state index in [2.05, 4.69) is 20.9 Å². The number of rotatable bonds is 2. The summed E-state index contributed by atoms with van der Waals surface area (Å²) in [4.78, 5) is 0. The van der Waals surface area contributed by atoms with Crippen molar-refractivity contribution in [1.82, 2.24) is 8.75 Å². The molecule has 0 atom stereocenters. The molecule has 0 unspecified atom stereocenters. The van der Waals surface area contributed by atoms with Crippen molar-refractivity contribution in [3.05, 3.63) is 83.6 Å². The number of benzene rings is 2. The van der Waals surface area contributed by atoms with Gasteiger partial charge in [0.2, 0.25) is 0 Å². The largest absolute Gasteiger partial charge is 2.00 e. The van der Waals surface area contributed by atoms with Gasteiger partial charge >= 0.3 is 16.5 Å². The van der Waals surface area contributed by atoms with Crippen LogP contribution in [0.1, 0.15) is 0 Å². The third kappa shape index (κ3) is 7.51. The molecule has 0 N–H and O–H groups in total. The molecule has 4 aromatic rings. The minimum Gasteiger partial charge on any atom is -0.242 e. The molecular formula is C18H14Br2N2NiS2. The van der Waals surface area contributed by atoms with Crippen LogP contribution in [-0.4, -0.2) is 8.75 Å². The van der Waals surface area contributed by atoms with Crippen molar-refractivity contribution >= 4 is 57.0 Å². The van der Waals surface area contributed by atoms with Crippen LogP contribution in [0, 0.1) is 12.1 Å². The smallest absolute Gasteiger partial charge is 0.242 e. The normalized spacial score (nSPS) is 8.64. The predicted octanol–water partition coefficient (Wildman–Crippen LogP) is 6.37. The van der Waals surface area contributed by atoms with Gasteiger partial charge in [-0.2, -0.15) is 0 Å². The van der Waals surface area contributed by atoms with Gasteiger partial charge in [0.05, 0.1) is 0 Å². The summed E-state index contributed by atoms with van der Waals surface area (Å²) < 4.78 is 8.39. The first kappa shape index (κ1) is 24.2. The fraction of sp³-hybridized carbons (Fsp3) is 0. The number of hydrogen-bond donors (Lipinski definition) is 0. The molecule has 2 aromatic carbocycles. The maximum atomic E-state index is 4.20. The molecule has 0 saturated heterocycles. The monoisotopic (exact) mass is 538 g/mol. The third-order valence-corrected chi connectivity index (χ3v) is 3.97. The second-order valence-electron chi connectivity index (χ2n) is 4.32. The standard InChI is InChI=1S/2C9H6NS.2BrH.Ni/c2*1-2-4-8(5-3-1)9-6-7-11-10-9;;;/h2*1-4,6-7H;2*1H;/q2*-1;;;+2. The molecule has 0 aliphatic heterocycles. The van der Waals surface area contributed by atoms with E-state index in [1.165, 1.54) is 23.1 Å². The summed E-state index contributed by atoms with van der Waals surface area (Å²) >= 11 is 2.93. The summed E-state index contributed by atoms with van der Waals surface area (Å²) in [6, 6.07) is 25.9. The van der Waals surface area contributed by atoms with Crippen molar-refractivity contribution in [2.75, 3.05) is 0 Å². The maximum absolute atomic E-state index is 4.20. The second-order valence-corrected chi connectivity index (χ2v) is 5.65. The quantitative estimate of drug-likeness (QED) is 0.218. The Morgan fingerprint density at radius 3 is 1.36 bits per heavy atom. The van der Waals surface area contributed by atoms with E-state index in [1.54, 1.807) is 0 Å². The Labute approximate surface area is 187 Å². The fourth-order valence-electron chi connectivity index (χ4n) is 1.81. The minimum atomic E-state index is 0. The SMILES string of the molecule is Br.Br.[Ni+2].[c-]1ccccc1-c1ccsn1.[c-]1ccccc1-c1ccsn1. The number of nitrogens with zero attached hydrogens (tertiary/aromatic N) is 2. The van der Waals surface area contributed by atoms with E-state index in [1.807, 2.05) is 71.4 Å². The van der Waals surface area contributed by atoms with Gasteiger partial charge in [-0.05, 0) is 0 Å². The number of aromatic nitrogens is 2. The molecule has 0 amide bonds. The van der Waals surface area contributed by atoms with Gasteiger partial charge in [0.1, 0.15) is 0 Å². The molecule has 7 heteroatoms. The molecule has 0 aliphatic carbocycles. The van der Waals surface area contributed by atoms with E-state index in [-0.39, 0.29) is 50.5 Å². The Balaban J connectivity index is 0.000000411. The zero-order valence-electron chi connectivity index (χ0n) is 12.8. The first-order valence-corrected chi connectivity index (χ1v) is 8.36. The molecule has 0 spiro atoms. The van der Waals surface area contributed by atoms with Crippen LogP contribution in [0.25, 0.3) is 22.5 Å². The first-order valence-electron chi connectivity index (χ1n) is 6.68. The van der Waals surface area contributed by atoms with E-state index >= 15 is 0 Å². The van der Waals surface area contributed by atoms with Gasteiger partial charge < -0.3 is 0 Å². The molecule has 0 radical (unpaired) electrons. The van der Waals surface area contributed by atoms with Crippen molar-refractivity contribution in [1.29, 1.82) is 0 Å². The molecule has 2 heterocycles. The van der Waals surface area contributed by atoms with Crippen LogP contribution in [0.5, 0.6) is 0 Å². The van der Waals surface area contributed by atoms with Gasteiger partial charge in [0.15, 0.2) is 0 Å². The van der Waals surface area contributed by atoms with Crippen LogP contribution in [-0.2, 0) is 16.5 Å². The predicted molar refractivity (Wildman–Crippen MR) is 113 cm³/mol. The van der Waals surface area contributed by atoms with Gasteiger partial charge in [-0.1, -0.05) is 35.2 Å².